The van der Waals surface area contributed by atoms with Crippen LogP contribution >= 0.6 is 0 Å². The third kappa shape index (κ3) is 6.62. The van der Waals surface area contributed by atoms with Crippen LogP contribution in [0.5, 0.6) is 0 Å². The van der Waals surface area contributed by atoms with E-state index in [1.54, 1.807) is 6.07 Å². The molecule has 0 aromatic heterocycles. The van der Waals surface area contributed by atoms with Crippen molar-refractivity contribution in [1.29, 1.82) is 5.26 Å². The number of nitrogens with zero attached hydrogens (tertiary/aromatic N) is 1. The lowest BCUT2D eigenvalue weighted by Crippen LogP contribution is -2.42. The minimum absolute atomic E-state index is 0.117. The molecule has 0 spiro atoms. The second-order valence-corrected chi connectivity index (χ2v) is 16.0. The first-order valence-electron chi connectivity index (χ1n) is 9.10. The molecule has 146 valence electrons. The zero-order valence-corrected chi connectivity index (χ0v) is 19.3. The van der Waals surface area contributed by atoms with Gasteiger partial charge in [-0.05, 0) is 63.0 Å². The van der Waals surface area contributed by atoms with Gasteiger partial charge in [0.15, 0.2) is 8.32 Å². The van der Waals surface area contributed by atoms with E-state index in [0.717, 1.165) is 5.56 Å². The molecule has 1 aromatic carbocycles. The molecule has 0 fully saturated rings. The molecule has 1 rings (SSSR count). The number of nitrogens with one attached hydrogen (secondary N) is 1. The maximum absolute atomic E-state index is 12.6. The van der Waals surface area contributed by atoms with Crippen LogP contribution in [0.25, 0.3) is 0 Å². The molecule has 1 N–H and O–H groups in total. The van der Waals surface area contributed by atoms with Gasteiger partial charge in [0.25, 0.3) is 0 Å². The highest BCUT2D eigenvalue weighted by Crippen LogP contribution is 2.37. The average molecular weight is 395 g/mol. The summed E-state index contributed by atoms with van der Waals surface area (Å²) in [4.78, 5) is 0. The standard InChI is InChI=1S/C20H34N2O2SSi/c1-19(2,3)25(23)22-18(17-11-9-10-16(14-17)15-21)12-13-24-26(7,8)20(4,5)6/h9-11,14,18,22H,12-13H2,1-8H3. The Bertz CT molecular complexity index is 670. The van der Waals surface area contributed by atoms with Gasteiger partial charge in [-0.25, -0.2) is 8.93 Å². The van der Waals surface area contributed by atoms with Gasteiger partial charge in [-0.3, -0.25) is 0 Å². The third-order valence-electron chi connectivity index (χ3n) is 4.90. The van der Waals surface area contributed by atoms with Gasteiger partial charge in [0.05, 0.1) is 27.4 Å². The molecule has 0 saturated heterocycles. The summed E-state index contributed by atoms with van der Waals surface area (Å²) in [6, 6.07) is 9.56. The van der Waals surface area contributed by atoms with Crippen molar-refractivity contribution in [2.75, 3.05) is 6.61 Å². The van der Waals surface area contributed by atoms with Gasteiger partial charge < -0.3 is 4.43 Å². The highest BCUT2D eigenvalue weighted by Gasteiger charge is 2.37. The summed E-state index contributed by atoms with van der Waals surface area (Å²) in [7, 11) is -3.02. The highest BCUT2D eigenvalue weighted by atomic mass is 32.2. The molecule has 0 amide bonds. The molecule has 0 radical (unpaired) electrons. The number of nitriles is 1. The van der Waals surface area contributed by atoms with Crippen LogP contribution < -0.4 is 4.72 Å². The molecule has 2 atom stereocenters. The van der Waals surface area contributed by atoms with E-state index < -0.39 is 19.3 Å². The first kappa shape index (κ1) is 23.0. The van der Waals surface area contributed by atoms with Crippen LogP contribution in [0.2, 0.25) is 18.1 Å². The van der Waals surface area contributed by atoms with Gasteiger partial charge in [-0.15, -0.1) is 0 Å². The predicted octanol–water partition coefficient (Wildman–Crippen LogP) is 5.06. The summed E-state index contributed by atoms with van der Waals surface area (Å²) in [5.74, 6) is 0. The van der Waals surface area contributed by atoms with Gasteiger partial charge in [-0.2, -0.15) is 5.26 Å². The SMILES string of the molecule is CC(C)(C)S(=O)NC(CCO[Si](C)(C)C(C)(C)C)c1cccc(C#N)c1. The Labute approximate surface area is 163 Å². The predicted molar refractivity (Wildman–Crippen MR) is 113 cm³/mol. The Hall–Kier alpha value is -1.00. The molecule has 0 aliphatic heterocycles. The van der Waals surface area contributed by atoms with E-state index in [2.05, 4.69) is 44.7 Å². The average Bonchev–Trinajstić information content (AvgIpc) is 2.51. The van der Waals surface area contributed by atoms with Gasteiger partial charge in [0, 0.05) is 12.6 Å². The van der Waals surface area contributed by atoms with E-state index in [0.29, 0.717) is 18.6 Å². The third-order valence-corrected chi connectivity index (χ3v) is 11.0. The van der Waals surface area contributed by atoms with E-state index >= 15 is 0 Å². The highest BCUT2D eigenvalue weighted by molar-refractivity contribution is 7.84. The topological polar surface area (TPSA) is 62.1 Å². The van der Waals surface area contributed by atoms with Gasteiger partial charge in [0.1, 0.15) is 0 Å². The molecule has 1 aromatic rings. The Morgan fingerprint density at radius 3 is 2.35 bits per heavy atom. The minimum Gasteiger partial charge on any atom is -0.417 e. The van der Waals surface area contributed by atoms with Crippen LogP contribution in [-0.2, 0) is 15.4 Å². The second-order valence-electron chi connectivity index (χ2n) is 9.19. The molecule has 4 nitrogen and oxygen atoms in total. The molecule has 0 bridgehead atoms. The van der Waals surface area contributed by atoms with E-state index in [1.807, 2.05) is 39.0 Å². The van der Waals surface area contributed by atoms with Crippen molar-refractivity contribution in [3.63, 3.8) is 0 Å². The summed E-state index contributed by atoms with van der Waals surface area (Å²) < 4.78 is 21.8. The van der Waals surface area contributed by atoms with E-state index in [1.165, 1.54) is 0 Å². The molecule has 6 heteroatoms. The normalized spacial score (nSPS) is 15.3. The molecular weight excluding hydrogens is 360 g/mol. The summed E-state index contributed by atoms with van der Waals surface area (Å²) in [6.07, 6.45) is 0.712. The van der Waals surface area contributed by atoms with E-state index in [4.69, 9.17) is 4.43 Å². The molecule has 26 heavy (non-hydrogen) atoms. The van der Waals surface area contributed by atoms with Crippen molar-refractivity contribution in [1.82, 2.24) is 4.72 Å². The van der Waals surface area contributed by atoms with Crippen LogP contribution in [0.1, 0.15) is 65.1 Å². The quantitative estimate of drug-likeness (QED) is 0.657. The Kier molecular flexibility index (Phi) is 7.79. The molecular formula is C20H34N2O2SSi. The maximum Gasteiger partial charge on any atom is 0.191 e. The lowest BCUT2D eigenvalue weighted by atomic mass is 10.0. The van der Waals surface area contributed by atoms with Crippen molar-refractivity contribution >= 4 is 19.3 Å². The Balaban J connectivity index is 2.95. The van der Waals surface area contributed by atoms with E-state index in [-0.39, 0.29) is 15.8 Å². The molecule has 0 aliphatic carbocycles. The number of benzene rings is 1. The summed E-state index contributed by atoms with van der Waals surface area (Å²) >= 11 is 0. The van der Waals surface area contributed by atoms with E-state index in [9.17, 15) is 9.47 Å². The van der Waals surface area contributed by atoms with Crippen molar-refractivity contribution in [3.05, 3.63) is 35.4 Å². The molecule has 2 unspecified atom stereocenters. The van der Waals surface area contributed by atoms with Crippen molar-refractivity contribution in [3.8, 4) is 6.07 Å². The lowest BCUT2D eigenvalue weighted by molar-refractivity contribution is 0.269. The first-order chi connectivity index (χ1) is 11.8. The van der Waals surface area contributed by atoms with Crippen LogP contribution in [0.15, 0.2) is 24.3 Å². The fourth-order valence-corrected chi connectivity index (χ4v) is 4.00. The summed E-state index contributed by atoms with van der Waals surface area (Å²) in [5, 5.41) is 9.34. The summed E-state index contributed by atoms with van der Waals surface area (Å²) in [5.41, 5.74) is 1.58. The van der Waals surface area contributed by atoms with Crippen molar-refractivity contribution in [2.45, 2.75) is 76.9 Å². The Morgan fingerprint density at radius 1 is 1.23 bits per heavy atom. The maximum atomic E-state index is 12.6. The van der Waals surface area contributed by atoms with Gasteiger partial charge >= 0.3 is 0 Å². The monoisotopic (exact) mass is 394 g/mol. The van der Waals surface area contributed by atoms with Gasteiger partial charge in [0.2, 0.25) is 0 Å². The molecule has 0 saturated carbocycles. The van der Waals surface area contributed by atoms with Gasteiger partial charge in [-0.1, -0.05) is 32.9 Å². The van der Waals surface area contributed by atoms with Crippen molar-refractivity contribution in [2.24, 2.45) is 0 Å². The number of hydrogen-bond acceptors (Lipinski definition) is 3. The van der Waals surface area contributed by atoms with Crippen LogP contribution in [0, 0.1) is 11.3 Å². The Morgan fingerprint density at radius 2 is 1.85 bits per heavy atom. The zero-order chi connectivity index (χ0) is 20.2. The smallest absolute Gasteiger partial charge is 0.191 e. The minimum atomic E-state index is -1.82. The second kappa shape index (κ2) is 8.79. The summed E-state index contributed by atoms with van der Waals surface area (Å²) in [6.45, 7) is 17.6. The largest absolute Gasteiger partial charge is 0.417 e. The van der Waals surface area contributed by atoms with Crippen LogP contribution in [-0.4, -0.2) is 23.9 Å². The number of hydrogen-bond donors (Lipinski definition) is 1. The molecule has 0 heterocycles. The number of rotatable bonds is 7. The van der Waals surface area contributed by atoms with Crippen LogP contribution in [0.3, 0.4) is 0 Å². The lowest BCUT2D eigenvalue weighted by Gasteiger charge is -2.36. The zero-order valence-electron chi connectivity index (χ0n) is 17.5. The first-order valence-corrected chi connectivity index (χ1v) is 13.2. The van der Waals surface area contributed by atoms with Crippen molar-refractivity contribution < 1.29 is 8.63 Å². The molecule has 0 aliphatic rings. The fourth-order valence-electron chi connectivity index (χ4n) is 2.07. The van der Waals surface area contributed by atoms with Crippen LogP contribution in [0.4, 0.5) is 0 Å². The fraction of sp³-hybridized carbons (Fsp3) is 0.650.